The number of hydrogen-bond acceptors (Lipinski definition) is 2. The maximum Gasteiger partial charge on any atom is 0.315 e. The molecule has 4 aliphatic carbocycles. The molecule has 0 aromatic carbocycles. The fourth-order valence-corrected chi connectivity index (χ4v) is 5.42. The minimum Gasteiger partial charge on any atom is -0.392 e. The molecule has 3 N–H and O–H groups in total. The van der Waals surface area contributed by atoms with E-state index in [0.29, 0.717) is 18.0 Å². The summed E-state index contributed by atoms with van der Waals surface area (Å²) in [7, 11) is 0. The summed E-state index contributed by atoms with van der Waals surface area (Å²) in [5.41, 5.74) is 0.876. The molecule has 0 aromatic heterocycles. The molecule has 4 saturated carbocycles. The molecule has 4 nitrogen and oxygen atoms in total. The number of carbonyl (C=O) groups excluding carboxylic acids is 1. The summed E-state index contributed by atoms with van der Waals surface area (Å²) < 4.78 is 0. The molecule has 4 fully saturated rings. The van der Waals surface area contributed by atoms with E-state index in [4.69, 9.17) is 0 Å². The topological polar surface area (TPSA) is 61.4 Å². The third-order valence-corrected chi connectivity index (χ3v) is 7.54. The third-order valence-electron chi connectivity index (χ3n) is 7.54. The number of carbonyl (C=O) groups is 1. The largest absolute Gasteiger partial charge is 0.392 e. The summed E-state index contributed by atoms with van der Waals surface area (Å²) in [6, 6.07) is 0.331. The quantitative estimate of drug-likeness (QED) is 0.747. The van der Waals surface area contributed by atoms with Crippen LogP contribution in [0.25, 0.3) is 0 Å². The summed E-state index contributed by atoms with van der Waals surface area (Å²) in [6.45, 7) is 0.630. The Kier molecular flexibility index (Phi) is 4.07. The fourth-order valence-electron chi connectivity index (χ4n) is 5.42. The highest BCUT2D eigenvalue weighted by Gasteiger charge is 2.48. The lowest BCUT2D eigenvalue weighted by Gasteiger charge is -2.51. The number of urea groups is 1. The van der Waals surface area contributed by atoms with Crippen LogP contribution >= 0.6 is 0 Å². The van der Waals surface area contributed by atoms with Gasteiger partial charge in [0.2, 0.25) is 0 Å². The molecule has 4 aliphatic rings. The van der Waals surface area contributed by atoms with Gasteiger partial charge in [-0.3, -0.25) is 0 Å². The fraction of sp³-hybridized carbons (Fsp3) is 0.947. The van der Waals surface area contributed by atoms with Crippen LogP contribution in [0.3, 0.4) is 0 Å². The van der Waals surface area contributed by atoms with Gasteiger partial charge >= 0.3 is 6.03 Å². The van der Waals surface area contributed by atoms with Crippen LogP contribution in [-0.4, -0.2) is 29.8 Å². The highest BCUT2D eigenvalue weighted by atomic mass is 16.3. The van der Waals surface area contributed by atoms with Gasteiger partial charge in [-0.15, -0.1) is 0 Å². The molecule has 0 heterocycles. The van der Waals surface area contributed by atoms with E-state index in [2.05, 4.69) is 10.6 Å². The van der Waals surface area contributed by atoms with Gasteiger partial charge in [0, 0.05) is 18.5 Å². The molecule has 2 amide bonds. The first-order chi connectivity index (χ1) is 11.1. The summed E-state index contributed by atoms with van der Waals surface area (Å²) in [5, 5.41) is 16.9. The zero-order valence-electron chi connectivity index (χ0n) is 14.3. The van der Waals surface area contributed by atoms with E-state index in [9.17, 15) is 9.90 Å². The maximum atomic E-state index is 12.2. The van der Waals surface area contributed by atoms with Crippen molar-refractivity contribution in [1.29, 1.82) is 0 Å². The van der Waals surface area contributed by atoms with E-state index in [1.54, 1.807) is 0 Å². The Bertz CT molecular complexity index is 446. The molecule has 4 heteroatoms. The van der Waals surface area contributed by atoms with Crippen molar-refractivity contribution in [2.75, 3.05) is 6.54 Å². The standard InChI is InChI=1S/C19H32N2O2/c22-16-14(3-1-6-19(16)7-2-8-19)13-20-17(23)21-15-4-9-18(10-5-15)11-12-18/h14-16,22H,1-13H2,(H2,20,21,23). The van der Waals surface area contributed by atoms with Crippen LogP contribution in [0.2, 0.25) is 0 Å². The van der Waals surface area contributed by atoms with Crippen LogP contribution in [0.1, 0.15) is 77.0 Å². The molecular weight excluding hydrogens is 288 g/mol. The highest BCUT2D eigenvalue weighted by molar-refractivity contribution is 5.74. The monoisotopic (exact) mass is 320 g/mol. The Morgan fingerprint density at radius 3 is 2.26 bits per heavy atom. The van der Waals surface area contributed by atoms with Crippen molar-refractivity contribution >= 4 is 6.03 Å². The average Bonchev–Trinajstić information content (AvgIpc) is 3.27. The normalized spacial score (nSPS) is 34.8. The Morgan fingerprint density at radius 2 is 1.65 bits per heavy atom. The lowest BCUT2D eigenvalue weighted by Crippen LogP contribution is -2.52. The summed E-state index contributed by atoms with van der Waals surface area (Å²) in [6.07, 6.45) is 14.5. The Balaban J connectivity index is 1.20. The van der Waals surface area contributed by atoms with Crippen LogP contribution in [0, 0.1) is 16.7 Å². The molecule has 0 bridgehead atoms. The van der Waals surface area contributed by atoms with Gasteiger partial charge in [-0.25, -0.2) is 4.79 Å². The van der Waals surface area contributed by atoms with Crippen LogP contribution in [0.4, 0.5) is 4.79 Å². The Morgan fingerprint density at radius 1 is 0.957 bits per heavy atom. The van der Waals surface area contributed by atoms with Crippen LogP contribution in [-0.2, 0) is 0 Å². The van der Waals surface area contributed by atoms with E-state index in [1.165, 1.54) is 57.8 Å². The third kappa shape index (κ3) is 3.11. The van der Waals surface area contributed by atoms with Crippen molar-refractivity contribution in [3.63, 3.8) is 0 Å². The van der Waals surface area contributed by atoms with E-state index >= 15 is 0 Å². The van der Waals surface area contributed by atoms with E-state index in [-0.39, 0.29) is 23.5 Å². The number of rotatable bonds is 3. The number of aliphatic hydroxyl groups is 1. The molecule has 0 aromatic rings. The van der Waals surface area contributed by atoms with Crippen molar-refractivity contribution in [2.24, 2.45) is 16.7 Å². The molecule has 4 rings (SSSR count). The number of aliphatic hydroxyl groups excluding tert-OH is 1. The zero-order chi connectivity index (χ0) is 15.9. The first kappa shape index (κ1) is 15.7. The molecular formula is C19H32N2O2. The van der Waals surface area contributed by atoms with Gasteiger partial charge in [0.25, 0.3) is 0 Å². The average molecular weight is 320 g/mol. The van der Waals surface area contributed by atoms with Gasteiger partial charge in [-0.05, 0) is 75.0 Å². The number of nitrogens with one attached hydrogen (secondary N) is 2. The smallest absolute Gasteiger partial charge is 0.315 e. The Labute approximate surface area is 139 Å². The van der Waals surface area contributed by atoms with Crippen LogP contribution < -0.4 is 10.6 Å². The predicted octanol–water partition coefficient (Wildman–Crippen LogP) is 3.34. The second kappa shape index (κ2) is 5.94. The van der Waals surface area contributed by atoms with Crippen molar-refractivity contribution in [2.45, 2.75) is 89.2 Å². The summed E-state index contributed by atoms with van der Waals surface area (Å²) in [5.74, 6) is 0.246. The number of hydrogen-bond donors (Lipinski definition) is 3. The Hall–Kier alpha value is -0.770. The van der Waals surface area contributed by atoms with Gasteiger partial charge in [0.05, 0.1) is 6.10 Å². The van der Waals surface area contributed by atoms with Gasteiger partial charge in [0.1, 0.15) is 0 Å². The van der Waals surface area contributed by atoms with Gasteiger partial charge in [-0.2, -0.15) is 0 Å². The molecule has 130 valence electrons. The first-order valence-corrected chi connectivity index (χ1v) is 9.83. The molecule has 2 atom stereocenters. The van der Waals surface area contributed by atoms with E-state index in [1.807, 2.05) is 0 Å². The zero-order valence-corrected chi connectivity index (χ0v) is 14.3. The first-order valence-electron chi connectivity index (χ1n) is 9.83. The maximum absolute atomic E-state index is 12.2. The van der Waals surface area contributed by atoms with Crippen molar-refractivity contribution in [3.05, 3.63) is 0 Å². The minimum absolute atomic E-state index is 0.0258. The van der Waals surface area contributed by atoms with E-state index in [0.717, 1.165) is 19.3 Å². The van der Waals surface area contributed by atoms with Gasteiger partial charge in [0.15, 0.2) is 0 Å². The molecule has 0 aliphatic heterocycles. The second-order valence-electron chi connectivity index (χ2n) is 8.94. The number of amides is 2. The van der Waals surface area contributed by atoms with Crippen molar-refractivity contribution < 1.29 is 9.90 Å². The van der Waals surface area contributed by atoms with Crippen LogP contribution in [0.15, 0.2) is 0 Å². The predicted molar refractivity (Wildman–Crippen MR) is 90.1 cm³/mol. The summed E-state index contributed by atoms with van der Waals surface area (Å²) in [4.78, 5) is 12.2. The van der Waals surface area contributed by atoms with Crippen molar-refractivity contribution in [3.8, 4) is 0 Å². The summed E-state index contributed by atoms with van der Waals surface area (Å²) >= 11 is 0. The molecule has 2 unspecified atom stereocenters. The molecule has 23 heavy (non-hydrogen) atoms. The lowest BCUT2D eigenvalue weighted by molar-refractivity contribution is -0.0968. The van der Waals surface area contributed by atoms with Gasteiger partial charge < -0.3 is 15.7 Å². The molecule has 2 spiro atoms. The highest BCUT2D eigenvalue weighted by Crippen LogP contribution is 2.56. The SMILES string of the molecule is O=C(NCC1CCCC2(CCC2)C1O)NC1CCC2(CC1)CC2. The molecule has 0 radical (unpaired) electrons. The van der Waals surface area contributed by atoms with Crippen molar-refractivity contribution in [1.82, 2.24) is 10.6 Å². The lowest BCUT2D eigenvalue weighted by atomic mass is 9.56. The van der Waals surface area contributed by atoms with Gasteiger partial charge in [-0.1, -0.05) is 12.8 Å². The second-order valence-corrected chi connectivity index (χ2v) is 8.94. The van der Waals surface area contributed by atoms with E-state index < -0.39 is 0 Å². The minimum atomic E-state index is -0.213. The molecule has 0 saturated heterocycles. The van der Waals surface area contributed by atoms with Crippen LogP contribution in [0.5, 0.6) is 0 Å².